The number of benzene rings is 2. The van der Waals surface area contributed by atoms with Crippen LogP contribution in [0.4, 0.5) is 26.0 Å². The molecule has 0 spiro atoms. The summed E-state index contributed by atoms with van der Waals surface area (Å²) >= 11 is 0. The van der Waals surface area contributed by atoms with E-state index in [4.69, 9.17) is 9.73 Å². The Morgan fingerprint density at radius 3 is 2.47 bits per heavy atom. The van der Waals surface area contributed by atoms with Gasteiger partial charge in [-0.15, -0.1) is 6.58 Å². The number of aryl methyl sites for hydroxylation is 2. The fourth-order valence-electron chi connectivity index (χ4n) is 9.21. The number of rotatable bonds is 19. The summed E-state index contributed by atoms with van der Waals surface area (Å²) in [4.78, 5) is 11.6. The van der Waals surface area contributed by atoms with Crippen molar-refractivity contribution < 1.29 is 13.5 Å². The molecule has 1 saturated carbocycles. The summed E-state index contributed by atoms with van der Waals surface area (Å²) in [7, 11) is 6.14. The molecule has 1 aromatic heterocycles. The van der Waals surface area contributed by atoms with E-state index in [1.54, 1.807) is 6.20 Å². The number of hydrogen-bond acceptors (Lipinski definition) is 10. The zero-order valence-corrected chi connectivity index (χ0v) is 38.9. The number of anilines is 2. The first-order chi connectivity index (χ1) is 31.1. The summed E-state index contributed by atoms with van der Waals surface area (Å²) in [5.41, 5.74) is 8.46. The molecule has 0 bridgehead atoms. The van der Waals surface area contributed by atoms with Crippen LogP contribution in [0.1, 0.15) is 88.7 Å². The summed E-state index contributed by atoms with van der Waals surface area (Å²) in [6.45, 7) is 23.0. The van der Waals surface area contributed by atoms with Gasteiger partial charge in [-0.1, -0.05) is 101 Å². The first kappa shape index (κ1) is 48.0. The topological polar surface area (TPSA) is 88.8 Å². The summed E-state index contributed by atoms with van der Waals surface area (Å²) in [5, 5.41) is 17.0. The molecular weight excluding hydrogens is 807 g/mol. The molecule has 13 heteroatoms. The smallest absolute Gasteiger partial charge is 0.280 e. The summed E-state index contributed by atoms with van der Waals surface area (Å²) in [6, 6.07) is 15.4. The highest BCUT2D eigenvalue weighted by Gasteiger charge is 2.36. The van der Waals surface area contributed by atoms with E-state index in [-0.39, 0.29) is 17.8 Å². The van der Waals surface area contributed by atoms with Crippen molar-refractivity contribution in [2.24, 2.45) is 10.1 Å². The van der Waals surface area contributed by atoms with Gasteiger partial charge in [0.1, 0.15) is 11.5 Å². The number of nitrogens with one attached hydrogen (secondary N) is 2. The highest BCUT2D eigenvalue weighted by atomic mass is 19.3. The molecule has 0 radical (unpaired) electrons. The number of aromatic nitrogens is 2. The quantitative estimate of drug-likeness (QED) is 0.0910. The number of alkyl halides is 2. The summed E-state index contributed by atoms with van der Waals surface area (Å²) in [6.07, 6.45) is 16.1. The van der Waals surface area contributed by atoms with Crippen molar-refractivity contribution in [2.75, 3.05) is 63.8 Å². The molecule has 7 rings (SSSR count). The highest BCUT2D eigenvalue weighted by Crippen LogP contribution is 2.40. The molecule has 1 saturated heterocycles. The molecule has 2 fully saturated rings. The van der Waals surface area contributed by atoms with Gasteiger partial charge in [0.05, 0.1) is 61.5 Å². The van der Waals surface area contributed by atoms with E-state index in [1.165, 1.54) is 48.1 Å². The van der Waals surface area contributed by atoms with Gasteiger partial charge in [-0.25, -0.2) is 18.5 Å². The van der Waals surface area contributed by atoms with E-state index < -0.39 is 12.5 Å². The first-order valence-electron chi connectivity index (χ1n) is 23.4. The predicted molar refractivity (Wildman–Crippen MR) is 263 cm³/mol. The van der Waals surface area contributed by atoms with E-state index in [2.05, 4.69) is 125 Å². The molecule has 2 aromatic carbocycles. The van der Waals surface area contributed by atoms with Crippen LogP contribution in [0, 0.1) is 0 Å². The maximum atomic E-state index is 13.8. The fourth-order valence-corrected chi connectivity index (χ4v) is 9.21. The minimum atomic E-state index is -2.60. The number of fused-ring (bicyclic) bond motifs is 1. The van der Waals surface area contributed by atoms with Crippen LogP contribution in [-0.4, -0.2) is 110 Å². The lowest BCUT2D eigenvalue weighted by atomic mass is 9.95. The zero-order valence-electron chi connectivity index (χ0n) is 38.9. The molecule has 2 atom stereocenters. The van der Waals surface area contributed by atoms with E-state index in [0.29, 0.717) is 25.5 Å². The van der Waals surface area contributed by atoms with Crippen LogP contribution in [0.5, 0.6) is 0 Å². The van der Waals surface area contributed by atoms with Crippen molar-refractivity contribution >= 4 is 34.4 Å². The number of morpholine rings is 1. The lowest BCUT2D eigenvalue weighted by Gasteiger charge is -2.33. The van der Waals surface area contributed by atoms with Crippen molar-refractivity contribution in [3.8, 4) is 11.1 Å². The highest BCUT2D eigenvalue weighted by molar-refractivity contribution is 5.95. The average molecular weight is 879 g/mol. The van der Waals surface area contributed by atoms with Crippen molar-refractivity contribution in [3.63, 3.8) is 0 Å². The second kappa shape index (κ2) is 23.5. The molecule has 2 N–H and O–H groups in total. The first-order valence-corrected chi connectivity index (χ1v) is 23.4. The third kappa shape index (κ3) is 12.0. The second-order valence-electron chi connectivity index (χ2n) is 17.4. The molecule has 0 amide bonds. The van der Waals surface area contributed by atoms with Gasteiger partial charge in [0.25, 0.3) is 6.43 Å². The SMILES string of the molecule is C=C(NC1CN(C2CCCCC2)N=C1C(F)F)c1cnn2c1N=C(N1CCOCC1)CC2.C=CC(CCC(=C)NC)N(C=C)c1cccc(-c2cccc(CCCCC)c2)c1N(C)C. The third-order valence-corrected chi connectivity index (χ3v) is 12.8. The standard InChI is InChI=1S/C29H41N3.C22H31F2N7O/c1-8-11-12-15-24-16-13-17-25(22-24)27-18-14-19-28(29(27)31(6)7)32(10-3)26(9-2)21-20-23(4)30-5;1-15(26-18-14-31(28-20(18)21(23)24)16-5-3-2-4-6-16)17-13-25-30-8-7-19(27-22(17)30)29-9-11-32-12-10-29/h9-10,13-14,16-19,22,26,30H,2-4,8,11-12,15,20-21H2,1,5-7H3;13,16,18,21,26H,1-12,14H2. The Kier molecular flexibility index (Phi) is 17.6. The molecule has 1 aliphatic carbocycles. The number of para-hydroxylation sites is 1. The van der Waals surface area contributed by atoms with Gasteiger partial charge in [0, 0.05) is 63.7 Å². The number of ether oxygens (including phenoxy) is 1. The number of hydrogen-bond donors (Lipinski definition) is 2. The van der Waals surface area contributed by atoms with Gasteiger partial charge < -0.3 is 30.1 Å². The monoisotopic (exact) mass is 879 g/mol. The number of hydrazone groups is 1. The molecule has 64 heavy (non-hydrogen) atoms. The molecule has 2 unspecified atom stereocenters. The predicted octanol–water partition coefficient (Wildman–Crippen LogP) is 10.0. The second-order valence-corrected chi connectivity index (χ2v) is 17.4. The van der Waals surface area contributed by atoms with Gasteiger partial charge in [0.15, 0.2) is 5.82 Å². The van der Waals surface area contributed by atoms with Crippen LogP contribution in [0.15, 0.2) is 103 Å². The van der Waals surface area contributed by atoms with E-state index in [0.717, 1.165) is 99.6 Å². The Labute approximate surface area is 381 Å². The van der Waals surface area contributed by atoms with Crippen LogP contribution in [-0.2, 0) is 17.7 Å². The van der Waals surface area contributed by atoms with Gasteiger partial charge in [-0.3, -0.25) is 5.01 Å². The van der Waals surface area contributed by atoms with Crippen LogP contribution < -0.4 is 20.4 Å². The van der Waals surface area contributed by atoms with Gasteiger partial charge >= 0.3 is 0 Å². The molecule has 3 aliphatic heterocycles. The Morgan fingerprint density at radius 1 is 1.02 bits per heavy atom. The number of allylic oxidation sites excluding steroid dienone is 1. The van der Waals surface area contributed by atoms with Crippen molar-refractivity contribution in [1.82, 2.24) is 30.3 Å². The molecule has 11 nitrogen and oxygen atoms in total. The summed E-state index contributed by atoms with van der Waals surface area (Å²) in [5.74, 6) is 1.75. The third-order valence-electron chi connectivity index (χ3n) is 12.8. The number of nitrogens with zero attached hydrogens (tertiary/aromatic N) is 8. The number of halogens is 2. The van der Waals surface area contributed by atoms with Crippen molar-refractivity contribution in [3.05, 3.63) is 104 Å². The minimum Gasteiger partial charge on any atom is -0.392 e. The van der Waals surface area contributed by atoms with Crippen molar-refractivity contribution in [2.45, 2.75) is 115 Å². The van der Waals surface area contributed by atoms with Gasteiger partial charge in [0.2, 0.25) is 0 Å². The van der Waals surface area contributed by atoms with E-state index in [9.17, 15) is 8.78 Å². The normalized spacial score (nSPS) is 18.0. The number of amidine groups is 1. The Balaban J connectivity index is 0.000000213. The Hall–Kier alpha value is -5.43. The van der Waals surface area contributed by atoms with Crippen LogP contribution in [0.3, 0.4) is 0 Å². The van der Waals surface area contributed by atoms with Crippen LogP contribution in [0.2, 0.25) is 0 Å². The Morgan fingerprint density at radius 2 is 1.78 bits per heavy atom. The number of unbranched alkanes of at least 4 members (excludes halogenated alkanes) is 2. The van der Waals surface area contributed by atoms with Gasteiger partial charge in [-0.05, 0) is 61.9 Å². The molecule has 4 heterocycles. The Bertz CT molecular complexity index is 2100. The fraction of sp³-hybridized carbons (Fsp3) is 0.510. The minimum absolute atomic E-state index is 0.102. The molecule has 346 valence electrons. The lowest BCUT2D eigenvalue weighted by molar-refractivity contribution is 0.0669. The van der Waals surface area contributed by atoms with Gasteiger partial charge in [-0.2, -0.15) is 10.2 Å². The average Bonchev–Trinajstić information content (AvgIpc) is 3.96. The number of aliphatic imine (C=N–C) groups is 1. The lowest BCUT2D eigenvalue weighted by Crippen LogP contribution is -2.42. The maximum absolute atomic E-state index is 13.8. The molecular formula is C51H72F2N10O. The van der Waals surface area contributed by atoms with E-state index in [1.807, 2.05) is 29.0 Å². The molecule has 3 aromatic rings. The molecule has 4 aliphatic rings. The summed E-state index contributed by atoms with van der Waals surface area (Å²) < 4.78 is 34.9. The largest absolute Gasteiger partial charge is 0.392 e. The van der Waals surface area contributed by atoms with E-state index >= 15 is 0 Å². The van der Waals surface area contributed by atoms with Crippen molar-refractivity contribution in [1.29, 1.82) is 0 Å². The maximum Gasteiger partial charge on any atom is 0.280 e. The van der Waals surface area contributed by atoms with Crippen LogP contribution >= 0.6 is 0 Å². The zero-order chi connectivity index (χ0) is 45.6. The van der Waals surface area contributed by atoms with Crippen LogP contribution in [0.25, 0.3) is 16.8 Å².